The molecule has 0 unspecified atom stereocenters. The number of amides is 1. The van der Waals surface area contributed by atoms with Crippen molar-refractivity contribution in [2.45, 2.75) is 5.75 Å². The molecule has 0 fully saturated rings. The molecule has 0 radical (unpaired) electrons. The first-order chi connectivity index (χ1) is 12.6. The van der Waals surface area contributed by atoms with E-state index in [0.717, 1.165) is 5.75 Å². The number of aromatic nitrogens is 1. The van der Waals surface area contributed by atoms with Crippen LogP contribution in [0.1, 0.15) is 5.56 Å². The van der Waals surface area contributed by atoms with Crippen LogP contribution in [0.25, 0.3) is 11.3 Å². The molecule has 0 spiro atoms. The van der Waals surface area contributed by atoms with Crippen molar-refractivity contribution in [1.29, 1.82) is 0 Å². The molecule has 0 saturated carbocycles. The number of thiazole rings is 1. The van der Waals surface area contributed by atoms with Gasteiger partial charge in [-0.3, -0.25) is 14.9 Å². The summed E-state index contributed by atoms with van der Waals surface area (Å²) in [6.07, 6.45) is 0. The maximum absolute atomic E-state index is 12.0. The first-order valence-corrected chi connectivity index (χ1v) is 9.77. The molecule has 0 aliphatic rings. The number of nitrogens with zero attached hydrogens (tertiary/aromatic N) is 2. The van der Waals surface area contributed by atoms with E-state index in [1.165, 1.54) is 40.8 Å². The van der Waals surface area contributed by atoms with E-state index in [9.17, 15) is 14.9 Å². The number of non-ortho nitro benzene ring substituents is 1. The molecule has 0 saturated heterocycles. The molecule has 1 amide bonds. The van der Waals surface area contributed by atoms with Crippen molar-refractivity contribution in [1.82, 2.24) is 4.98 Å². The summed E-state index contributed by atoms with van der Waals surface area (Å²) in [5.41, 5.74) is 2.44. The average molecular weight is 385 g/mol. The second-order valence-corrected chi connectivity index (χ2v) is 7.22. The Morgan fingerprint density at radius 3 is 2.77 bits per heavy atom. The number of benzene rings is 2. The van der Waals surface area contributed by atoms with Gasteiger partial charge in [0.1, 0.15) is 0 Å². The maximum atomic E-state index is 12.0. The Hall–Kier alpha value is -2.71. The van der Waals surface area contributed by atoms with Gasteiger partial charge in [0, 0.05) is 28.8 Å². The quantitative estimate of drug-likeness (QED) is 0.475. The highest BCUT2D eigenvalue weighted by molar-refractivity contribution is 7.99. The van der Waals surface area contributed by atoms with Crippen LogP contribution in [-0.4, -0.2) is 21.6 Å². The monoisotopic (exact) mass is 385 g/mol. The highest BCUT2D eigenvalue weighted by Crippen LogP contribution is 2.27. The predicted molar refractivity (Wildman–Crippen MR) is 105 cm³/mol. The lowest BCUT2D eigenvalue weighted by atomic mass is 10.1. The Labute approximate surface area is 158 Å². The summed E-state index contributed by atoms with van der Waals surface area (Å²) in [5, 5.41) is 15.9. The van der Waals surface area contributed by atoms with Crippen molar-refractivity contribution < 1.29 is 9.72 Å². The summed E-state index contributed by atoms with van der Waals surface area (Å²) >= 11 is 2.83. The molecule has 3 aromatic rings. The molecule has 0 atom stereocenters. The summed E-state index contributed by atoms with van der Waals surface area (Å²) in [6, 6.07) is 16.2. The summed E-state index contributed by atoms with van der Waals surface area (Å²) < 4.78 is 0. The summed E-state index contributed by atoms with van der Waals surface area (Å²) in [6.45, 7) is 0. The molecule has 0 bridgehead atoms. The molecule has 1 N–H and O–H groups in total. The van der Waals surface area contributed by atoms with Crippen LogP contribution < -0.4 is 5.32 Å². The minimum Gasteiger partial charge on any atom is -0.301 e. The van der Waals surface area contributed by atoms with Gasteiger partial charge in [-0.05, 0) is 5.56 Å². The third kappa shape index (κ3) is 4.90. The molecule has 1 heterocycles. The van der Waals surface area contributed by atoms with E-state index < -0.39 is 4.92 Å². The minimum absolute atomic E-state index is 0.0124. The van der Waals surface area contributed by atoms with Crippen LogP contribution in [0.3, 0.4) is 0 Å². The van der Waals surface area contributed by atoms with E-state index in [1.54, 1.807) is 17.5 Å². The summed E-state index contributed by atoms with van der Waals surface area (Å²) in [7, 11) is 0. The van der Waals surface area contributed by atoms with Crippen LogP contribution in [0.5, 0.6) is 0 Å². The van der Waals surface area contributed by atoms with Crippen molar-refractivity contribution >= 4 is 39.8 Å². The molecule has 6 nitrogen and oxygen atoms in total. The van der Waals surface area contributed by atoms with E-state index in [0.29, 0.717) is 22.1 Å². The molecule has 132 valence electrons. The maximum Gasteiger partial charge on any atom is 0.270 e. The normalized spacial score (nSPS) is 10.5. The van der Waals surface area contributed by atoms with Gasteiger partial charge in [-0.2, -0.15) is 0 Å². The van der Waals surface area contributed by atoms with Gasteiger partial charge in [0.15, 0.2) is 5.13 Å². The van der Waals surface area contributed by atoms with Gasteiger partial charge in [-0.25, -0.2) is 4.98 Å². The first-order valence-electron chi connectivity index (χ1n) is 7.74. The van der Waals surface area contributed by atoms with E-state index >= 15 is 0 Å². The molecule has 8 heteroatoms. The number of nitro benzene ring substituents is 1. The predicted octanol–water partition coefficient (Wildman–Crippen LogP) is 4.59. The number of carbonyl (C=O) groups is 1. The molecule has 0 aliphatic heterocycles. The largest absolute Gasteiger partial charge is 0.301 e. The molecule has 1 aromatic heterocycles. The fourth-order valence-corrected chi connectivity index (χ4v) is 3.76. The number of hydrogen-bond acceptors (Lipinski definition) is 6. The molecule has 2 aromatic carbocycles. The number of hydrogen-bond donors (Lipinski definition) is 1. The lowest BCUT2D eigenvalue weighted by Crippen LogP contribution is -2.13. The van der Waals surface area contributed by atoms with Gasteiger partial charge in [-0.1, -0.05) is 42.5 Å². The van der Waals surface area contributed by atoms with Gasteiger partial charge in [0.2, 0.25) is 5.91 Å². The van der Waals surface area contributed by atoms with Crippen molar-refractivity contribution in [3.8, 4) is 11.3 Å². The van der Waals surface area contributed by atoms with E-state index in [-0.39, 0.29) is 11.6 Å². The van der Waals surface area contributed by atoms with Crippen LogP contribution in [-0.2, 0) is 10.5 Å². The third-order valence-electron chi connectivity index (χ3n) is 3.45. The SMILES string of the molecule is O=C(CSCc1ccccc1)Nc1nc(-c2cccc([N+](=O)[O-])c2)cs1. The topological polar surface area (TPSA) is 85.1 Å². The summed E-state index contributed by atoms with van der Waals surface area (Å²) in [4.78, 5) is 26.8. The molecule has 26 heavy (non-hydrogen) atoms. The smallest absolute Gasteiger partial charge is 0.270 e. The zero-order chi connectivity index (χ0) is 18.4. The number of anilines is 1. The third-order valence-corrected chi connectivity index (χ3v) is 5.21. The van der Waals surface area contributed by atoms with Crippen LogP contribution in [0, 0.1) is 10.1 Å². The minimum atomic E-state index is -0.442. The second kappa shape index (κ2) is 8.59. The van der Waals surface area contributed by atoms with Crippen molar-refractivity contribution in [3.63, 3.8) is 0 Å². The zero-order valence-electron chi connectivity index (χ0n) is 13.6. The Morgan fingerprint density at radius 1 is 1.19 bits per heavy atom. The van der Waals surface area contributed by atoms with Crippen molar-refractivity contribution in [3.05, 3.63) is 75.7 Å². The molecular weight excluding hydrogens is 370 g/mol. The average Bonchev–Trinajstić information content (AvgIpc) is 3.11. The van der Waals surface area contributed by atoms with E-state index in [2.05, 4.69) is 10.3 Å². The Kier molecular flexibility index (Phi) is 5.98. The molecule has 3 rings (SSSR count). The van der Waals surface area contributed by atoms with Gasteiger partial charge >= 0.3 is 0 Å². The van der Waals surface area contributed by atoms with E-state index in [4.69, 9.17) is 0 Å². The second-order valence-electron chi connectivity index (χ2n) is 5.37. The van der Waals surface area contributed by atoms with Gasteiger partial charge in [-0.15, -0.1) is 23.1 Å². The van der Waals surface area contributed by atoms with Crippen LogP contribution in [0.15, 0.2) is 60.0 Å². The Morgan fingerprint density at radius 2 is 2.00 bits per heavy atom. The Bertz CT molecular complexity index is 913. The number of carbonyl (C=O) groups excluding carboxylic acids is 1. The fourth-order valence-electron chi connectivity index (χ4n) is 2.23. The number of rotatable bonds is 7. The highest BCUT2D eigenvalue weighted by Gasteiger charge is 2.11. The van der Waals surface area contributed by atoms with E-state index in [1.807, 2.05) is 30.3 Å². The van der Waals surface area contributed by atoms with Crippen LogP contribution >= 0.6 is 23.1 Å². The summed E-state index contributed by atoms with van der Waals surface area (Å²) in [5.74, 6) is 0.983. The number of nitro groups is 1. The van der Waals surface area contributed by atoms with Gasteiger partial charge in [0.05, 0.1) is 16.4 Å². The molecular formula is C18H15N3O3S2. The van der Waals surface area contributed by atoms with Crippen molar-refractivity contribution in [2.75, 3.05) is 11.1 Å². The Balaban J connectivity index is 1.55. The zero-order valence-corrected chi connectivity index (χ0v) is 15.3. The number of nitrogens with one attached hydrogen (secondary N) is 1. The lowest BCUT2D eigenvalue weighted by molar-refractivity contribution is -0.384. The highest BCUT2D eigenvalue weighted by atomic mass is 32.2. The van der Waals surface area contributed by atoms with Gasteiger partial charge < -0.3 is 5.32 Å². The van der Waals surface area contributed by atoms with Gasteiger partial charge in [0.25, 0.3) is 5.69 Å². The van der Waals surface area contributed by atoms with Crippen molar-refractivity contribution in [2.24, 2.45) is 0 Å². The number of thioether (sulfide) groups is 1. The standard InChI is InChI=1S/C18H15N3O3S2/c22-17(12-25-10-13-5-2-1-3-6-13)20-18-19-16(11-26-18)14-7-4-8-15(9-14)21(23)24/h1-9,11H,10,12H2,(H,19,20,22). The van der Waals surface area contributed by atoms with Crippen LogP contribution in [0.4, 0.5) is 10.8 Å². The fraction of sp³-hybridized carbons (Fsp3) is 0.111. The van der Waals surface area contributed by atoms with Crippen LogP contribution in [0.2, 0.25) is 0 Å². The molecule has 0 aliphatic carbocycles. The lowest BCUT2D eigenvalue weighted by Gasteiger charge is -2.02. The first kappa shape index (κ1) is 18.1.